The van der Waals surface area contributed by atoms with Gasteiger partial charge in [0, 0.05) is 26.2 Å². The van der Waals surface area contributed by atoms with Gasteiger partial charge in [-0.25, -0.2) is 0 Å². The summed E-state index contributed by atoms with van der Waals surface area (Å²) in [5, 5.41) is 6.27. The molecule has 1 aromatic heterocycles. The highest BCUT2D eigenvalue weighted by Gasteiger charge is 2.18. The van der Waals surface area contributed by atoms with Gasteiger partial charge in [-0.3, -0.25) is 0 Å². The molecule has 102 valence electrons. The van der Waals surface area contributed by atoms with E-state index in [1.54, 1.807) is 0 Å². The van der Waals surface area contributed by atoms with Crippen LogP contribution in [-0.4, -0.2) is 49.1 Å². The molecule has 0 saturated heterocycles. The lowest BCUT2D eigenvalue weighted by Crippen LogP contribution is -2.34. The molecule has 0 atom stereocenters. The first kappa shape index (κ1) is 14.5. The van der Waals surface area contributed by atoms with Crippen LogP contribution in [0.25, 0.3) is 0 Å². The van der Waals surface area contributed by atoms with Crippen LogP contribution in [-0.2, 0) is 0 Å². The van der Waals surface area contributed by atoms with Crippen LogP contribution in [0.2, 0.25) is 0 Å². The first-order valence-corrected chi connectivity index (χ1v) is 6.03. The topological polar surface area (TPSA) is 79.1 Å². The Morgan fingerprint density at radius 1 is 1.28 bits per heavy atom. The van der Waals surface area contributed by atoms with Crippen molar-refractivity contribution in [2.24, 2.45) is 5.41 Å². The third kappa shape index (κ3) is 4.75. The van der Waals surface area contributed by atoms with E-state index in [2.05, 4.69) is 53.4 Å². The van der Waals surface area contributed by atoms with Crippen LogP contribution in [0.15, 0.2) is 6.07 Å². The third-order valence-corrected chi connectivity index (χ3v) is 2.49. The van der Waals surface area contributed by atoms with Gasteiger partial charge in [-0.1, -0.05) is 13.8 Å². The second kappa shape index (κ2) is 5.86. The fourth-order valence-electron chi connectivity index (χ4n) is 1.93. The highest BCUT2D eigenvalue weighted by Crippen LogP contribution is 2.18. The number of nitrogens with zero attached hydrogens (tertiary/aromatic N) is 3. The van der Waals surface area contributed by atoms with Crippen molar-refractivity contribution in [1.29, 1.82) is 0 Å². The minimum absolute atomic E-state index is 0.156. The number of nitrogens with one attached hydrogen (secondary N) is 2. The summed E-state index contributed by atoms with van der Waals surface area (Å²) in [4.78, 5) is 10.4. The maximum Gasteiger partial charge on any atom is 0.223 e. The normalized spacial score (nSPS) is 11.7. The molecule has 1 heterocycles. The van der Waals surface area contributed by atoms with Crippen molar-refractivity contribution in [1.82, 2.24) is 14.9 Å². The van der Waals surface area contributed by atoms with Gasteiger partial charge in [-0.2, -0.15) is 9.97 Å². The van der Waals surface area contributed by atoms with Gasteiger partial charge >= 0.3 is 0 Å². The smallest absolute Gasteiger partial charge is 0.223 e. The van der Waals surface area contributed by atoms with Crippen molar-refractivity contribution in [3.05, 3.63) is 6.07 Å². The largest absolute Gasteiger partial charge is 0.373 e. The molecule has 6 nitrogen and oxygen atoms in total. The molecular weight excluding hydrogens is 228 g/mol. The van der Waals surface area contributed by atoms with Crippen molar-refractivity contribution in [2.45, 2.75) is 13.8 Å². The molecule has 0 fully saturated rings. The predicted molar refractivity (Wildman–Crippen MR) is 76.8 cm³/mol. The van der Waals surface area contributed by atoms with E-state index in [-0.39, 0.29) is 11.4 Å². The number of hydrogen-bond acceptors (Lipinski definition) is 6. The Labute approximate surface area is 109 Å². The monoisotopic (exact) mass is 252 g/mol. The summed E-state index contributed by atoms with van der Waals surface area (Å²) in [6, 6.07) is 1.85. The first-order valence-electron chi connectivity index (χ1n) is 6.03. The Balaban J connectivity index is 2.65. The van der Waals surface area contributed by atoms with Crippen LogP contribution < -0.4 is 16.4 Å². The summed E-state index contributed by atoms with van der Waals surface area (Å²) in [6.45, 7) is 6.25. The summed E-state index contributed by atoms with van der Waals surface area (Å²) in [7, 11) is 5.95. The molecule has 0 radical (unpaired) electrons. The van der Waals surface area contributed by atoms with E-state index in [1.807, 2.05) is 13.1 Å². The van der Waals surface area contributed by atoms with Gasteiger partial charge in [-0.05, 0) is 19.5 Å². The molecule has 0 amide bonds. The van der Waals surface area contributed by atoms with Crippen LogP contribution in [0.3, 0.4) is 0 Å². The zero-order chi connectivity index (χ0) is 13.8. The standard InChI is InChI=1S/C12H24N6/c1-12(2,8-18(4)5)7-15-10-6-9(14-3)16-11(13)17-10/h6H,7-8H2,1-5H3,(H4,13,14,15,16,17). The molecule has 0 aliphatic carbocycles. The minimum atomic E-state index is 0.156. The zero-order valence-corrected chi connectivity index (χ0v) is 11.9. The molecule has 18 heavy (non-hydrogen) atoms. The predicted octanol–water partition coefficient (Wildman–Crippen LogP) is 1.10. The molecular formula is C12H24N6. The highest BCUT2D eigenvalue weighted by molar-refractivity contribution is 5.50. The van der Waals surface area contributed by atoms with Gasteiger partial charge in [-0.15, -0.1) is 0 Å². The molecule has 0 saturated carbocycles. The van der Waals surface area contributed by atoms with Crippen molar-refractivity contribution in [3.8, 4) is 0 Å². The van der Waals surface area contributed by atoms with Crippen molar-refractivity contribution >= 4 is 17.6 Å². The van der Waals surface area contributed by atoms with Gasteiger partial charge in [0.15, 0.2) is 0 Å². The molecule has 0 aliphatic rings. The molecule has 0 unspecified atom stereocenters. The van der Waals surface area contributed by atoms with E-state index >= 15 is 0 Å². The summed E-state index contributed by atoms with van der Waals surface area (Å²) >= 11 is 0. The number of anilines is 3. The van der Waals surface area contributed by atoms with Gasteiger partial charge in [0.2, 0.25) is 5.95 Å². The van der Waals surface area contributed by atoms with E-state index < -0.39 is 0 Å². The van der Waals surface area contributed by atoms with Crippen LogP contribution >= 0.6 is 0 Å². The SMILES string of the molecule is CNc1cc(NCC(C)(C)CN(C)C)nc(N)n1. The fraction of sp³-hybridized carbons (Fsp3) is 0.667. The number of nitrogens with two attached hydrogens (primary N) is 1. The molecule has 1 aromatic rings. The fourth-order valence-corrected chi connectivity index (χ4v) is 1.93. The number of rotatable bonds is 6. The van der Waals surface area contributed by atoms with Crippen LogP contribution in [0.5, 0.6) is 0 Å². The van der Waals surface area contributed by atoms with Gasteiger partial charge in [0.05, 0.1) is 0 Å². The van der Waals surface area contributed by atoms with Gasteiger partial charge in [0.25, 0.3) is 0 Å². The van der Waals surface area contributed by atoms with Crippen LogP contribution in [0.1, 0.15) is 13.8 Å². The van der Waals surface area contributed by atoms with E-state index in [0.29, 0.717) is 0 Å². The second-order valence-corrected chi connectivity index (χ2v) is 5.50. The first-order chi connectivity index (χ1) is 8.32. The Kier molecular flexibility index (Phi) is 4.72. The molecule has 4 N–H and O–H groups in total. The van der Waals surface area contributed by atoms with Crippen LogP contribution in [0.4, 0.5) is 17.6 Å². The third-order valence-electron chi connectivity index (χ3n) is 2.49. The zero-order valence-electron chi connectivity index (χ0n) is 11.9. The van der Waals surface area contributed by atoms with Gasteiger partial charge in [0.1, 0.15) is 11.6 Å². The Morgan fingerprint density at radius 3 is 2.44 bits per heavy atom. The van der Waals surface area contributed by atoms with E-state index in [9.17, 15) is 0 Å². The maximum absolute atomic E-state index is 5.64. The summed E-state index contributed by atoms with van der Waals surface area (Å²) in [5.74, 6) is 1.74. The van der Waals surface area contributed by atoms with Crippen molar-refractivity contribution in [2.75, 3.05) is 50.6 Å². The number of hydrogen-bond donors (Lipinski definition) is 3. The van der Waals surface area contributed by atoms with E-state index in [0.717, 1.165) is 24.7 Å². The van der Waals surface area contributed by atoms with Crippen LogP contribution in [0, 0.1) is 5.41 Å². The average Bonchev–Trinajstić information content (AvgIpc) is 2.24. The minimum Gasteiger partial charge on any atom is -0.373 e. The quantitative estimate of drug-likeness (QED) is 0.703. The Hall–Kier alpha value is -1.56. The summed E-state index contributed by atoms with van der Waals surface area (Å²) in [6.07, 6.45) is 0. The number of aromatic nitrogens is 2. The lowest BCUT2D eigenvalue weighted by atomic mass is 9.93. The van der Waals surface area contributed by atoms with Crippen molar-refractivity contribution in [3.63, 3.8) is 0 Å². The van der Waals surface area contributed by atoms with E-state index in [4.69, 9.17) is 5.73 Å². The number of nitrogen functional groups attached to an aromatic ring is 1. The molecule has 0 spiro atoms. The van der Waals surface area contributed by atoms with Crippen molar-refractivity contribution < 1.29 is 0 Å². The summed E-state index contributed by atoms with van der Waals surface area (Å²) < 4.78 is 0. The molecule has 6 heteroatoms. The molecule has 0 aromatic carbocycles. The van der Waals surface area contributed by atoms with Gasteiger partial charge < -0.3 is 21.3 Å². The molecule has 0 aliphatic heterocycles. The summed E-state index contributed by atoms with van der Waals surface area (Å²) in [5.41, 5.74) is 5.80. The maximum atomic E-state index is 5.64. The lowest BCUT2D eigenvalue weighted by molar-refractivity contribution is 0.254. The Morgan fingerprint density at radius 2 is 1.89 bits per heavy atom. The average molecular weight is 252 g/mol. The second-order valence-electron chi connectivity index (χ2n) is 5.50. The highest BCUT2D eigenvalue weighted by atomic mass is 15.1. The van der Waals surface area contributed by atoms with E-state index in [1.165, 1.54) is 0 Å². The Bertz CT molecular complexity index is 388. The molecule has 1 rings (SSSR count). The lowest BCUT2D eigenvalue weighted by Gasteiger charge is -2.28. The molecule has 0 bridgehead atoms.